The summed E-state index contributed by atoms with van der Waals surface area (Å²) in [4.78, 5) is 23.2. The van der Waals surface area contributed by atoms with E-state index in [0.717, 1.165) is 12.8 Å². The van der Waals surface area contributed by atoms with E-state index in [0.29, 0.717) is 5.56 Å². The maximum atomic E-state index is 11.9. The quantitative estimate of drug-likeness (QED) is 0.748. The Balaban J connectivity index is 2.73. The van der Waals surface area contributed by atoms with Gasteiger partial charge in [0, 0.05) is 5.54 Å². The minimum absolute atomic E-state index is 0.363. The lowest BCUT2D eigenvalue weighted by atomic mass is 9.99. The summed E-state index contributed by atoms with van der Waals surface area (Å²) in [6.45, 7) is 5.86. The molecular formula is C15H22N2O3. The number of hydrogen-bond donors (Lipinski definition) is 3. The Morgan fingerprint density at radius 2 is 1.85 bits per heavy atom. The zero-order valence-corrected chi connectivity index (χ0v) is 12.1. The smallest absolute Gasteiger partial charge is 0.330 e. The number of carbonyl (C=O) groups is 2. The van der Waals surface area contributed by atoms with Gasteiger partial charge in [0.15, 0.2) is 6.04 Å². The molecule has 0 fully saturated rings. The summed E-state index contributed by atoms with van der Waals surface area (Å²) >= 11 is 0. The van der Waals surface area contributed by atoms with Crippen molar-refractivity contribution in [2.24, 2.45) is 0 Å². The third kappa shape index (κ3) is 4.91. The van der Waals surface area contributed by atoms with Crippen molar-refractivity contribution in [2.75, 3.05) is 0 Å². The molecule has 0 bridgehead atoms. The van der Waals surface area contributed by atoms with Gasteiger partial charge in [-0.3, -0.25) is 0 Å². The maximum Gasteiger partial charge on any atom is 0.330 e. The SMILES string of the molecule is CCCC(C)(C)NC(=O)N[C@@H](C(=O)O)c1ccccc1. The fraction of sp³-hybridized carbons (Fsp3) is 0.467. The van der Waals surface area contributed by atoms with E-state index in [1.54, 1.807) is 30.3 Å². The zero-order valence-electron chi connectivity index (χ0n) is 12.1. The monoisotopic (exact) mass is 278 g/mol. The van der Waals surface area contributed by atoms with Crippen LogP contribution in [0, 0.1) is 0 Å². The molecule has 0 radical (unpaired) electrons. The molecule has 0 saturated heterocycles. The number of hydrogen-bond acceptors (Lipinski definition) is 2. The van der Waals surface area contributed by atoms with Gasteiger partial charge in [0.25, 0.3) is 0 Å². The van der Waals surface area contributed by atoms with Crippen LogP contribution in [0.5, 0.6) is 0 Å². The van der Waals surface area contributed by atoms with Gasteiger partial charge in [0.1, 0.15) is 0 Å². The van der Waals surface area contributed by atoms with Crippen LogP contribution < -0.4 is 10.6 Å². The molecule has 1 rings (SSSR count). The Labute approximate surface area is 119 Å². The summed E-state index contributed by atoms with van der Waals surface area (Å²) in [5.41, 5.74) is 0.182. The molecule has 5 heteroatoms. The predicted octanol–water partition coefficient (Wildman–Crippen LogP) is 2.69. The molecule has 1 atom stereocenters. The molecule has 0 saturated carbocycles. The summed E-state index contributed by atoms with van der Waals surface area (Å²) in [6, 6.07) is 7.12. The second-order valence-corrected chi connectivity index (χ2v) is 5.41. The van der Waals surface area contributed by atoms with Crippen LogP contribution >= 0.6 is 0 Å². The van der Waals surface area contributed by atoms with E-state index in [1.807, 2.05) is 20.8 Å². The van der Waals surface area contributed by atoms with Crippen molar-refractivity contribution in [3.05, 3.63) is 35.9 Å². The van der Waals surface area contributed by atoms with Crippen LogP contribution in [0.15, 0.2) is 30.3 Å². The molecule has 110 valence electrons. The predicted molar refractivity (Wildman–Crippen MR) is 77.5 cm³/mol. The molecule has 3 N–H and O–H groups in total. The molecule has 0 aliphatic carbocycles. The van der Waals surface area contributed by atoms with Crippen molar-refractivity contribution >= 4 is 12.0 Å². The first-order valence-electron chi connectivity index (χ1n) is 6.72. The lowest BCUT2D eigenvalue weighted by Crippen LogP contribution is -2.50. The normalized spacial score (nSPS) is 12.6. The topological polar surface area (TPSA) is 78.4 Å². The van der Waals surface area contributed by atoms with Crippen LogP contribution in [0.2, 0.25) is 0 Å². The van der Waals surface area contributed by atoms with Crippen molar-refractivity contribution in [3.8, 4) is 0 Å². The van der Waals surface area contributed by atoms with Crippen LogP contribution in [0.3, 0.4) is 0 Å². The molecule has 5 nitrogen and oxygen atoms in total. The van der Waals surface area contributed by atoms with E-state index in [4.69, 9.17) is 0 Å². The largest absolute Gasteiger partial charge is 0.479 e. The van der Waals surface area contributed by atoms with E-state index >= 15 is 0 Å². The van der Waals surface area contributed by atoms with Crippen molar-refractivity contribution in [2.45, 2.75) is 45.2 Å². The van der Waals surface area contributed by atoms with Crippen molar-refractivity contribution in [1.82, 2.24) is 10.6 Å². The summed E-state index contributed by atoms with van der Waals surface area (Å²) in [7, 11) is 0. The fourth-order valence-electron chi connectivity index (χ4n) is 2.10. The second-order valence-electron chi connectivity index (χ2n) is 5.41. The number of nitrogens with one attached hydrogen (secondary N) is 2. The number of carbonyl (C=O) groups excluding carboxylic acids is 1. The van der Waals surface area contributed by atoms with Crippen molar-refractivity contribution in [3.63, 3.8) is 0 Å². The minimum atomic E-state index is -1.08. The first-order valence-corrected chi connectivity index (χ1v) is 6.72. The van der Waals surface area contributed by atoms with Crippen LogP contribution in [-0.4, -0.2) is 22.6 Å². The number of carboxylic acid groups (broad SMARTS) is 1. The molecule has 0 unspecified atom stereocenters. The van der Waals surface area contributed by atoms with Crippen LogP contribution in [0.4, 0.5) is 4.79 Å². The number of aliphatic carboxylic acids is 1. The van der Waals surface area contributed by atoms with Gasteiger partial charge < -0.3 is 15.7 Å². The molecule has 2 amide bonds. The summed E-state index contributed by atoms with van der Waals surface area (Å²) < 4.78 is 0. The standard InChI is InChI=1S/C15H22N2O3/c1-4-10-15(2,3)17-14(20)16-12(13(18)19)11-8-6-5-7-9-11/h5-9,12H,4,10H2,1-3H3,(H,18,19)(H2,16,17,20)/t12-/m1/s1. The van der Waals surface area contributed by atoms with Crippen LogP contribution in [0.1, 0.15) is 45.2 Å². The van der Waals surface area contributed by atoms with Gasteiger partial charge in [-0.05, 0) is 25.8 Å². The van der Waals surface area contributed by atoms with E-state index < -0.39 is 18.0 Å². The first-order chi connectivity index (χ1) is 9.35. The molecule has 0 aromatic heterocycles. The Morgan fingerprint density at radius 3 is 2.35 bits per heavy atom. The highest BCUT2D eigenvalue weighted by Crippen LogP contribution is 2.14. The van der Waals surface area contributed by atoms with Crippen LogP contribution in [0.25, 0.3) is 0 Å². The highest BCUT2D eigenvalue weighted by atomic mass is 16.4. The third-order valence-electron chi connectivity index (χ3n) is 2.98. The molecule has 20 heavy (non-hydrogen) atoms. The van der Waals surface area contributed by atoms with Crippen molar-refractivity contribution < 1.29 is 14.7 Å². The van der Waals surface area contributed by atoms with Crippen LogP contribution in [-0.2, 0) is 4.79 Å². The molecule has 1 aromatic rings. The van der Waals surface area contributed by atoms with Gasteiger partial charge in [-0.15, -0.1) is 0 Å². The van der Waals surface area contributed by atoms with Gasteiger partial charge >= 0.3 is 12.0 Å². The molecular weight excluding hydrogens is 256 g/mol. The molecule has 1 aromatic carbocycles. The Morgan fingerprint density at radius 1 is 1.25 bits per heavy atom. The van der Waals surface area contributed by atoms with E-state index in [1.165, 1.54) is 0 Å². The second kappa shape index (κ2) is 6.93. The number of amides is 2. The number of rotatable bonds is 6. The van der Waals surface area contributed by atoms with Gasteiger partial charge in [0.2, 0.25) is 0 Å². The average molecular weight is 278 g/mol. The average Bonchev–Trinajstić information content (AvgIpc) is 2.36. The first kappa shape index (κ1) is 16.0. The highest BCUT2D eigenvalue weighted by Gasteiger charge is 2.25. The maximum absolute atomic E-state index is 11.9. The minimum Gasteiger partial charge on any atom is -0.479 e. The highest BCUT2D eigenvalue weighted by molar-refractivity contribution is 5.83. The molecule has 0 aliphatic rings. The number of carboxylic acids is 1. The Kier molecular flexibility index (Phi) is 5.55. The third-order valence-corrected chi connectivity index (χ3v) is 2.98. The fourth-order valence-corrected chi connectivity index (χ4v) is 2.10. The zero-order chi connectivity index (χ0) is 15.2. The number of benzene rings is 1. The Hall–Kier alpha value is -2.04. The summed E-state index contributed by atoms with van der Waals surface area (Å²) in [5, 5.41) is 14.5. The summed E-state index contributed by atoms with van der Waals surface area (Å²) in [6.07, 6.45) is 1.76. The van der Waals surface area contributed by atoms with Gasteiger partial charge in [-0.1, -0.05) is 43.7 Å². The van der Waals surface area contributed by atoms with Gasteiger partial charge in [-0.2, -0.15) is 0 Å². The van der Waals surface area contributed by atoms with Gasteiger partial charge in [0.05, 0.1) is 0 Å². The van der Waals surface area contributed by atoms with Gasteiger partial charge in [-0.25, -0.2) is 9.59 Å². The van der Waals surface area contributed by atoms with E-state index in [2.05, 4.69) is 10.6 Å². The van der Waals surface area contributed by atoms with Crippen molar-refractivity contribution in [1.29, 1.82) is 0 Å². The van der Waals surface area contributed by atoms with E-state index in [9.17, 15) is 14.7 Å². The lowest BCUT2D eigenvalue weighted by Gasteiger charge is -2.27. The number of urea groups is 1. The molecule has 0 aliphatic heterocycles. The summed E-state index contributed by atoms with van der Waals surface area (Å²) in [5.74, 6) is -1.08. The molecule has 0 spiro atoms. The Bertz CT molecular complexity index is 457. The molecule has 0 heterocycles. The lowest BCUT2D eigenvalue weighted by molar-refractivity contribution is -0.139. The van der Waals surface area contributed by atoms with E-state index in [-0.39, 0.29) is 5.54 Å².